The summed E-state index contributed by atoms with van der Waals surface area (Å²) >= 11 is 0. The van der Waals surface area contributed by atoms with Crippen molar-refractivity contribution < 1.29 is 13.6 Å². The molecule has 2 aromatic rings. The molecule has 5 heteroatoms. The molecule has 0 saturated carbocycles. The van der Waals surface area contributed by atoms with Crippen LogP contribution in [0, 0.1) is 0 Å². The van der Waals surface area contributed by atoms with Crippen LogP contribution in [0.5, 0.6) is 0 Å². The van der Waals surface area contributed by atoms with Crippen LogP contribution in [0.25, 0.3) is 0 Å². The molecule has 22 heavy (non-hydrogen) atoms. The van der Waals surface area contributed by atoms with Gasteiger partial charge in [0.15, 0.2) is 0 Å². The first-order valence-corrected chi connectivity index (χ1v) is 7.10. The molecule has 0 fully saturated rings. The summed E-state index contributed by atoms with van der Waals surface area (Å²) in [5.74, 6) is 1.98. The standard InChI is InChI=1S/C17H14N2O3/c20-16-17(11-13-5-3-9-21-13,12-14-6-4-10-22-14)19-8-2-1-7-15(19)18-16/h1-10H,11-12H2. The first-order chi connectivity index (χ1) is 10.8. The van der Waals surface area contributed by atoms with E-state index in [-0.39, 0.29) is 5.91 Å². The number of rotatable bonds is 4. The zero-order valence-corrected chi connectivity index (χ0v) is 11.8. The lowest BCUT2D eigenvalue weighted by Gasteiger charge is -2.35. The molecule has 5 nitrogen and oxygen atoms in total. The number of carbonyl (C=O) groups is 1. The van der Waals surface area contributed by atoms with Crippen molar-refractivity contribution in [3.05, 3.63) is 72.7 Å². The fourth-order valence-corrected chi connectivity index (χ4v) is 2.99. The average molecular weight is 294 g/mol. The van der Waals surface area contributed by atoms with Gasteiger partial charge >= 0.3 is 0 Å². The highest BCUT2D eigenvalue weighted by atomic mass is 16.3. The quantitative estimate of drug-likeness (QED) is 0.870. The number of amides is 1. The first-order valence-electron chi connectivity index (χ1n) is 7.10. The second-order valence-electron chi connectivity index (χ2n) is 5.39. The van der Waals surface area contributed by atoms with E-state index in [2.05, 4.69) is 4.99 Å². The molecule has 1 amide bonds. The predicted octanol–water partition coefficient (Wildman–Crippen LogP) is 2.72. The van der Waals surface area contributed by atoms with Crippen LogP contribution in [0.4, 0.5) is 0 Å². The maximum Gasteiger partial charge on any atom is 0.274 e. The summed E-state index contributed by atoms with van der Waals surface area (Å²) in [6.07, 6.45) is 11.6. The van der Waals surface area contributed by atoms with Crippen LogP contribution in [0.15, 0.2) is 75.0 Å². The van der Waals surface area contributed by atoms with Gasteiger partial charge in [0.1, 0.15) is 22.9 Å². The molecule has 0 atom stereocenters. The van der Waals surface area contributed by atoms with Crippen LogP contribution in [0.2, 0.25) is 0 Å². The van der Waals surface area contributed by atoms with E-state index in [9.17, 15) is 4.79 Å². The molecule has 0 unspecified atom stereocenters. The zero-order valence-electron chi connectivity index (χ0n) is 11.8. The van der Waals surface area contributed by atoms with E-state index in [0.29, 0.717) is 18.7 Å². The Balaban J connectivity index is 1.77. The van der Waals surface area contributed by atoms with Gasteiger partial charge in [0.05, 0.1) is 12.5 Å². The summed E-state index contributed by atoms with van der Waals surface area (Å²) in [5, 5.41) is 0. The highest BCUT2D eigenvalue weighted by Gasteiger charge is 2.50. The molecule has 0 aliphatic carbocycles. The number of hydrogen-bond acceptors (Lipinski definition) is 4. The second kappa shape index (κ2) is 4.87. The smallest absolute Gasteiger partial charge is 0.274 e. The van der Waals surface area contributed by atoms with Gasteiger partial charge in [-0.25, -0.2) is 0 Å². The monoisotopic (exact) mass is 294 g/mol. The lowest BCUT2D eigenvalue weighted by molar-refractivity contribution is -0.125. The van der Waals surface area contributed by atoms with Crippen molar-refractivity contribution in [2.24, 2.45) is 4.99 Å². The van der Waals surface area contributed by atoms with Gasteiger partial charge in [0.25, 0.3) is 5.91 Å². The zero-order chi connectivity index (χ0) is 15.0. The molecule has 0 saturated heterocycles. The van der Waals surface area contributed by atoms with E-state index < -0.39 is 5.54 Å². The summed E-state index contributed by atoms with van der Waals surface area (Å²) in [5.41, 5.74) is -0.841. The molecule has 2 aliphatic rings. The number of hydrogen-bond donors (Lipinski definition) is 0. The minimum atomic E-state index is -0.841. The van der Waals surface area contributed by atoms with Crippen molar-refractivity contribution in [1.29, 1.82) is 0 Å². The molecule has 4 heterocycles. The van der Waals surface area contributed by atoms with E-state index in [1.54, 1.807) is 12.5 Å². The minimum Gasteiger partial charge on any atom is -0.469 e. The van der Waals surface area contributed by atoms with Gasteiger partial charge in [0, 0.05) is 19.0 Å². The Hall–Kier alpha value is -2.82. The van der Waals surface area contributed by atoms with Crippen molar-refractivity contribution in [3.8, 4) is 0 Å². The number of nitrogens with zero attached hydrogens (tertiary/aromatic N) is 2. The molecule has 0 bridgehead atoms. The van der Waals surface area contributed by atoms with Gasteiger partial charge in [-0.2, -0.15) is 4.99 Å². The predicted molar refractivity (Wildman–Crippen MR) is 80.1 cm³/mol. The van der Waals surface area contributed by atoms with E-state index in [1.807, 2.05) is 53.6 Å². The van der Waals surface area contributed by atoms with E-state index in [4.69, 9.17) is 8.83 Å². The number of carbonyl (C=O) groups excluding carboxylic acids is 1. The Morgan fingerprint density at radius 2 is 1.73 bits per heavy atom. The molecule has 2 aromatic heterocycles. The van der Waals surface area contributed by atoms with Gasteiger partial charge in [-0.15, -0.1) is 0 Å². The number of amidine groups is 1. The van der Waals surface area contributed by atoms with Gasteiger partial charge < -0.3 is 13.7 Å². The number of fused-ring (bicyclic) bond motifs is 1. The maximum absolute atomic E-state index is 12.7. The summed E-state index contributed by atoms with van der Waals surface area (Å²) in [7, 11) is 0. The molecule has 0 spiro atoms. The van der Waals surface area contributed by atoms with Crippen LogP contribution in [-0.4, -0.2) is 22.2 Å². The summed E-state index contributed by atoms with van der Waals surface area (Å²) in [4.78, 5) is 18.9. The van der Waals surface area contributed by atoms with Crippen LogP contribution < -0.4 is 0 Å². The Kier molecular flexibility index (Phi) is 2.85. The molecule has 0 aromatic carbocycles. The molecule has 4 rings (SSSR count). The Morgan fingerprint density at radius 3 is 2.32 bits per heavy atom. The second-order valence-corrected chi connectivity index (χ2v) is 5.39. The third-order valence-electron chi connectivity index (χ3n) is 4.01. The maximum atomic E-state index is 12.7. The molecule has 2 aliphatic heterocycles. The minimum absolute atomic E-state index is 0.175. The SMILES string of the molecule is O=C1N=C2C=CC=CN2C1(Cc1ccco1)Cc1ccco1. The number of furan rings is 2. The highest BCUT2D eigenvalue weighted by molar-refractivity contribution is 6.12. The van der Waals surface area contributed by atoms with E-state index >= 15 is 0 Å². The van der Waals surface area contributed by atoms with Gasteiger partial charge in [0.2, 0.25) is 0 Å². The van der Waals surface area contributed by atoms with Crippen molar-refractivity contribution in [3.63, 3.8) is 0 Å². The average Bonchev–Trinajstić information content (AvgIpc) is 3.24. The lowest BCUT2D eigenvalue weighted by Crippen LogP contribution is -2.52. The van der Waals surface area contributed by atoms with Crippen LogP contribution in [0.3, 0.4) is 0 Å². The number of allylic oxidation sites excluding steroid dienone is 2. The first kappa shape index (κ1) is 12.9. The van der Waals surface area contributed by atoms with Crippen molar-refractivity contribution in [1.82, 2.24) is 4.90 Å². The summed E-state index contributed by atoms with van der Waals surface area (Å²) in [6.45, 7) is 0. The molecule has 110 valence electrons. The summed E-state index contributed by atoms with van der Waals surface area (Å²) in [6, 6.07) is 7.39. The number of aliphatic imine (C=N–C) groups is 1. The third kappa shape index (κ3) is 1.94. The van der Waals surface area contributed by atoms with Crippen molar-refractivity contribution in [2.45, 2.75) is 18.4 Å². The lowest BCUT2D eigenvalue weighted by atomic mass is 9.86. The normalized spacial score (nSPS) is 18.6. The van der Waals surface area contributed by atoms with Crippen molar-refractivity contribution in [2.75, 3.05) is 0 Å². The Labute approximate surface area is 127 Å². The molecule has 0 N–H and O–H groups in total. The Morgan fingerprint density at radius 1 is 1.05 bits per heavy atom. The largest absolute Gasteiger partial charge is 0.469 e. The van der Waals surface area contributed by atoms with Gasteiger partial charge in [-0.05, 0) is 36.4 Å². The van der Waals surface area contributed by atoms with Gasteiger partial charge in [-0.1, -0.05) is 6.08 Å². The topological polar surface area (TPSA) is 59.0 Å². The third-order valence-corrected chi connectivity index (χ3v) is 4.01. The highest BCUT2D eigenvalue weighted by Crippen LogP contribution is 2.34. The van der Waals surface area contributed by atoms with Crippen LogP contribution in [-0.2, 0) is 17.6 Å². The fourth-order valence-electron chi connectivity index (χ4n) is 2.99. The molecular weight excluding hydrogens is 280 g/mol. The summed E-state index contributed by atoms with van der Waals surface area (Å²) < 4.78 is 10.9. The van der Waals surface area contributed by atoms with E-state index in [1.165, 1.54) is 0 Å². The Bertz CT molecular complexity index is 731. The van der Waals surface area contributed by atoms with Crippen molar-refractivity contribution >= 4 is 11.7 Å². The fraction of sp³-hybridized carbons (Fsp3) is 0.176. The van der Waals surface area contributed by atoms with E-state index in [0.717, 1.165) is 11.5 Å². The van der Waals surface area contributed by atoms with Crippen LogP contribution in [0.1, 0.15) is 11.5 Å². The molecule has 0 radical (unpaired) electrons. The van der Waals surface area contributed by atoms with Crippen LogP contribution >= 0.6 is 0 Å². The van der Waals surface area contributed by atoms with Gasteiger partial charge in [-0.3, -0.25) is 4.79 Å². The molecular formula is C17H14N2O3.